The van der Waals surface area contributed by atoms with Gasteiger partial charge >= 0.3 is 17.9 Å². The van der Waals surface area contributed by atoms with Gasteiger partial charge in [-0.1, -0.05) is 226 Å². The molecule has 0 rings (SSSR count). The Kier molecular flexibility index (Phi) is 53.4. The minimum Gasteiger partial charge on any atom is -0.462 e. The van der Waals surface area contributed by atoms with Crippen molar-refractivity contribution in [2.24, 2.45) is 0 Å². The van der Waals surface area contributed by atoms with Crippen LogP contribution < -0.4 is 0 Å². The molecule has 392 valence electrons. The molecule has 0 amide bonds. The fourth-order valence-corrected chi connectivity index (χ4v) is 7.52. The molecule has 0 saturated carbocycles. The molecule has 0 N–H and O–H groups in total. The Hall–Kier alpha value is -3.93. The minimum atomic E-state index is -0.794. The van der Waals surface area contributed by atoms with Gasteiger partial charge in [-0.25, -0.2) is 0 Å². The molecule has 0 heterocycles. The van der Waals surface area contributed by atoms with Crippen molar-refractivity contribution in [2.75, 3.05) is 13.2 Å². The summed E-state index contributed by atoms with van der Waals surface area (Å²) in [6.45, 7) is 6.35. The van der Waals surface area contributed by atoms with E-state index < -0.39 is 6.10 Å². The molecular weight excluding hydrogens is 853 g/mol. The van der Waals surface area contributed by atoms with Gasteiger partial charge in [0.2, 0.25) is 0 Å². The molecule has 0 aromatic rings. The number of carbonyl (C=O) groups is 3. The lowest BCUT2D eigenvalue weighted by molar-refractivity contribution is -0.167. The van der Waals surface area contributed by atoms with Gasteiger partial charge in [0.15, 0.2) is 6.10 Å². The van der Waals surface area contributed by atoms with Gasteiger partial charge in [0, 0.05) is 19.3 Å². The fourth-order valence-electron chi connectivity index (χ4n) is 7.52. The standard InChI is InChI=1S/C63H104O6/c1-4-7-10-13-16-19-22-24-26-27-28-29-30-31-32-33-34-35-37-38-41-44-47-50-53-56-62(65)68-59-60(58-67-61(64)55-52-49-46-43-40-21-18-15-12-9-6-3)69-63(66)57-54-51-48-45-42-39-36-25-23-20-17-14-11-8-5-2/h7-8,10-11,15-20,24-26,28-29,31-32,36,60H,4-6,9,12-14,21-23,27,30,33-35,37-59H2,1-3H3/b10-7-,11-8-,18-15-,19-16-,20-17-,26-24-,29-28-,32-31-,36-25-. The Morgan fingerprint density at radius 3 is 0.899 bits per heavy atom. The van der Waals surface area contributed by atoms with E-state index in [4.69, 9.17) is 14.2 Å². The van der Waals surface area contributed by atoms with Gasteiger partial charge in [-0.3, -0.25) is 14.4 Å². The number of hydrogen-bond donors (Lipinski definition) is 0. The number of ether oxygens (including phenoxy) is 3. The molecule has 1 unspecified atom stereocenters. The number of hydrogen-bond acceptors (Lipinski definition) is 6. The van der Waals surface area contributed by atoms with Crippen molar-refractivity contribution in [1.29, 1.82) is 0 Å². The Morgan fingerprint density at radius 1 is 0.304 bits per heavy atom. The van der Waals surface area contributed by atoms with Gasteiger partial charge in [0.1, 0.15) is 13.2 Å². The average molecular weight is 958 g/mol. The molecule has 0 radical (unpaired) electrons. The van der Waals surface area contributed by atoms with E-state index in [1.54, 1.807) is 0 Å². The quantitative estimate of drug-likeness (QED) is 0.0262. The van der Waals surface area contributed by atoms with E-state index in [1.807, 2.05) is 0 Å². The molecule has 0 aliphatic carbocycles. The first kappa shape index (κ1) is 65.1. The highest BCUT2D eigenvalue weighted by atomic mass is 16.6. The lowest BCUT2D eigenvalue weighted by atomic mass is 10.1. The summed E-state index contributed by atoms with van der Waals surface area (Å²) in [5, 5.41) is 0. The summed E-state index contributed by atoms with van der Waals surface area (Å²) >= 11 is 0. The molecule has 0 fully saturated rings. The summed E-state index contributed by atoms with van der Waals surface area (Å²) < 4.78 is 16.8. The highest BCUT2D eigenvalue weighted by Gasteiger charge is 2.19. The first-order valence-corrected chi connectivity index (χ1v) is 28.4. The van der Waals surface area contributed by atoms with Crippen LogP contribution in [0.1, 0.15) is 252 Å². The highest BCUT2D eigenvalue weighted by molar-refractivity contribution is 5.71. The van der Waals surface area contributed by atoms with Crippen molar-refractivity contribution in [3.63, 3.8) is 0 Å². The van der Waals surface area contributed by atoms with E-state index in [2.05, 4.69) is 130 Å². The van der Waals surface area contributed by atoms with E-state index >= 15 is 0 Å². The second-order valence-electron chi connectivity index (χ2n) is 18.4. The monoisotopic (exact) mass is 957 g/mol. The normalized spacial score (nSPS) is 12.9. The molecule has 69 heavy (non-hydrogen) atoms. The van der Waals surface area contributed by atoms with Crippen molar-refractivity contribution >= 4 is 17.9 Å². The molecule has 0 aliphatic heterocycles. The third kappa shape index (κ3) is 54.9. The molecule has 0 bridgehead atoms. The molecular formula is C63H104O6. The second kappa shape index (κ2) is 56.7. The summed E-state index contributed by atoms with van der Waals surface area (Å²) in [6.07, 6.45) is 76.5. The smallest absolute Gasteiger partial charge is 0.306 e. The second-order valence-corrected chi connectivity index (χ2v) is 18.4. The first-order chi connectivity index (χ1) is 34.0. The zero-order chi connectivity index (χ0) is 50.0. The first-order valence-electron chi connectivity index (χ1n) is 28.4. The SMILES string of the molecule is CC/C=C\C/C=C\C/C=C\C/C=C\C/C=C\CCCCCCCCCCCC(=O)OCC(COC(=O)CCCCCCC/C=C\CCCC)OC(=O)CCCCCCC/C=C\C/C=C\C/C=C\CC. The van der Waals surface area contributed by atoms with E-state index in [-0.39, 0.29) is 31.1 Å². The third-order valence-corrected chi connectivity index (χ3v) is 11.7. The van der Waals surface area contributed by atoms with Gasteiger partial charge in [0.25, 0.3) is 0 Å². The van der Waals surface area contributed by atoms with Crippen molar-refractivity contribution in [3.05, 3.63) is 109 Å². The van der Waals surface area contributed by atoms with Crippen LogP contribution in [0.25, 0.3) is 0 Å². The van der Waals surface area contributed by atoms with E-state index in [0.717, 1.165) is 148 Å². The predicted molar refractivity (Wildman–Crippen MR) is 297 cm³/mol. The Bertz CT molecular complexity index is 1420. The van der Waals surface area contributed by atoms with Crippen LogP contribution in [0.3, 0.4) is 0 Å². The van der Waals surface area contributed by atoms with Gasteiger partial charge < -0.3 is 14.2 Å². The zero-order valence-electron chi connectivity index (χ0n) is 44.8. The third-order valence-electron chi connectivity index (χ3n) is 11.7. The van der Waals surface area contributed by atoms with Gasteiger partial charge in [-0.15, -0.1) is 0 Å². The molecule has 0 aliphatic rings. The zero-order valence-corrected chi connectivity index (χ0v) is 44.8. The predicted octanol–water partition coefficient (Wildman–Crippen LogP) is 19.1. The van der Waals surface area contributed by atoms with Gasteiger partial charge in [-0.05, 0) is 116 Å². The number of rotatable bonds is 50. The lowest BCUT2D eigenvalue weighted by Crippen LogP contribution is -2.30. The molecule has 0 saturated heterocycles. The van der Waals surface area contributed by atoms with E-state index in [0.29, 0.717) is 19.3 Å². The largest absolute Gasteiger partial charge is 0.462 e. The van der Waals surface area contributed by atoms with Crippen molar-refractivity contribution in [3.8, 4) is 0 Å². The van der Waals surface area contributed by atoms with Crippen LogP contribution in [0, 0.1) is 0 Å². The topological polar surface area (TPSA) is 78.9 Å². The van der Waals surface area contributed by atoms with Crippen LogP contribution in [0.4, 0.5) is 0 Å². The van der Waals surface area contributed by atoms with Crippen LogP contribution in [0.5, 0.6) is 0 Å². The molecule has 0 aromatic carbocycles. The molecule has 1 atom stereocenters. The van der Waals surface area contributed by atoms with Crippen molar-refractivity contribution in [1.82, 2.24) is 0 Å². The molecule has 6 heteroatoms. The van der Waals surface area contributed by atoms with E-state index in [9.17, 15) is 14.4 Å². The maximum absolute atomic E-state index is 12.8. The summed E-state index contributed by atoms with van der Waals surface area (Å²) in [7, 11) is 0. The van der Waals surface area contributed by atoms with E-state index in [1.165, 1.54) is 64.2 Å². The summed E-state index contributed by atoms with van der Waals surface area (Å²) in [5.41, 5.74) is 0. The van der Waals surface area contributed by atoms with Gasteiger partial charge in [0.05, 0.1) is 0 Å². The van der Waals surface area contributed by atoms with Gasteiger partial charge in [-0.2, -0.15) is 0 Å². The van der Waals surface area contributed by atoms with Crippen molar-refractivity contribution < 1.29 is 28.6 Å². The van der Waals surface area contributed by atoms with Crippen LogP contribution in [0.15, 0.2) is 109 Å². The molecule has 6 nitrogen and oxygen atoms in total. The fraction of sp³-hybridized carbons (Fsp3) is 0.667. The van der Waals surface area contributed by atoms with Crippen LogP contribution >= 0.6 is 0 Å². The Labute approximate surface area is 425 Å². The number of allylic oxidation sites excluding steroid dienone is 18. The maximum atomic E-state index is 12.8. The van der Waals surface area contributed by atoms with Crippen molar-refractivity contribution in [2.45, 2.75) is 258 Å². The lowest BCUT2D eigenvalue weighted by Gasteiger charge is -2.18. The average Bonchev–Trinajstić information content (AvgIpc) is 3.35. The summed E-state index contributed by atoms with van der Waals surface area (Å²) in [6, 6.07) is 0. The van der Waals surface area contributed by atoms with Crippen LogP contribution in [-0.2, 0) is 28.6 Å². The molecule has 0 spiro atoms. The maximum Gasteiger partial charge on any atom is 0.306 e. The number of carbonyl (C=O) groups excluding carboxylic acids is 3. The highest BCUT2D eigenvalue weighted by Crippen LogP contribution is 2.14. The number of esters is 3. The van der Waals surface area contributed by atoms with Crippen LogP contribution in [-0.4, -0.2) is 37.2 Å². The Balaban J connectivity index is 4.33. The number of unbranched alkanes of at least 4 members (excludes halogenated alkanes) is 21. The summed E-state index contributed by atoms with van der Waals surface area (Å²) in [4.78, 5) is 38.1. The Morgan fingerprint density at radius 2 is 0.565 bits per heavy atom. The molecule has 0 aromatic heterocycles. The minimum absolute atomic E-state index is 0.0922. The summed E-state index contributed by atoms with van der Waals surface area (Å²) in [5.74, 6) is -0.926. The van der Waals surface area contributed by atoms with Crippen LogP contribution in [0.2, 0.25) is 0 Å².